The van der Waals surface area contributed by atoms with Crippen LogP contribution in [0.1, 0.15) is 69.4 Å². The number of ether oxygens (including phenoxy) is 1. The minimum Gasteiger partial charge on any atom is -0.461 e. The van der Waals surface area contributed by atoms with Crippen molar-refractivity contribution < 1.29 is 20.1 Å². The Morgan fingerprint density at radius 2 is 1.82 bits per heavy atom. The molecule has 1 aromatic carbocycles. The van der Waals surface area contributed by atoms with E-state index in [1.165, 1.54) is 26.1 Å². The van der Waals surface area contributed by atoms with Crippen molar-refractivity contribution in [3.63, 3.8) is 0 Å². The molecule has 1 aromatic heterocycles. The average molecular weight is 541 g/mol. The van der Waals surface area contributed by atoms with Crippen molar-refractivity contribution in [3.05, 3.63) is 59.8 Å². The van der Waals surface area contributed by atoms with Gasteiger partial charge in [-0.3, -0.25) is 9.59 Å². The minimum absolute atomic E-state index is 0.0286. The highest BCUT2D eigenvalue weighted by Crippen LogP contribution is 2.43. The van der Waals surface area contributed by atoms with Gasteiger partial charge in [0.15, 0.2) is 0 Å². The molecule has 3 unspecified atom stereocenters. The summed E-state index contributed by atoms with van der Waals surface area (Å²) in [4.78, 5) is 27.9. The number of halogens is 1. The lowest BCUT2D eigenvalue weighted by Gasteiger charge is -2.43. The van der Waals surface area contributed by atoms with Crippen LogP contribution in [0.5, 0.6) is 0 Å². The molecule has 2 aliphatic carbocycles. The molecule has 7 heteroatoms. The van der Waals surface area contributed by atoms with Crippen LogP contribution in [0.2, 0.25) is 0 Å². The monoisotopic (exact) mass is 540 g/mol. The highest BCUT2D eigenvalue weighted by molar-refractivity contribution is 6.15. The SMILES string of the molecule is C#CC1CC(OC(=O)C2(c3ccccc3)CCCCCC2)C1CC[NH3+].CC(=O)Nc1cc(C)ccn1.CCl. The van der Waals surface area contributed by atoms with E-state index >= 15 is 0 Å². The van der Waals surface area contributed by atoms with Crippen LogP contribution in [0.3, 0.4) is 0 Å². The quantitative estimate of drug-likeness (QED) is 0.225. The summed E-state index contributed by atoms with van der Waals surface area (Å²) in [6.07, 6.45) is 16.8. The molecule has 0 radical (unpaired) electrons. The maximum absolute atomic E-state index is 13.3. The lowest BCUT2D eigenvalue weighted by molar-refractivity contribution is -0.372. The molecule has 38 heavy (non-hydrogen) atoms. The number of pyridine rings is 1. The van der Waals surface area contributed by atoms with Crippen LogP contribution in [0.4, 0.5) is 5.82 Å². The molecular formula is C31H43ClN3O3+. The number of aryl methyl sites for hydroxylation is 1. The predicted molar refractivity (Wildman–Crippen MR) is 154 cm³/mol. The smallest absolute Gasteiger partial charge is 0.316 e. The number of amides is 1. The number of hydrogen-bond acceptors (Lipinski definition) is 4. The van der Waals surface area contributed by atoms with Gasteiger partial charge in [0.2, 0.25) is 5.91 Å². The zero-order valence-electron chi connectivity index (χ0n) is 23.0. The summed E-state index contributed by atoms with van der Waals surface area (Å²) < 4.78 is 6.07. The van der Waals surface area contributed by atoms with Crippen molar-refractivity contribution in [3.8, 4) is 12.3 Å². The van der Waals surface area contributed by atoms with Gasteiger partial charge in [0.05, 0.1) is 12.0 Å². The van der Waals surface area contributed by atoms with Gasteiger partial charge in [-0.05, 0) is 49.4 Å². The molecular weight excluding hydrogens is 498 g/mol. The fourth-order valence-corrected chi connectivity index (χ4v) is 5.35. The van der Waals surface area contributed by atoms with Crippen molar-refractivity contribution in [2.24, 2.45) is 11.8 Å². The Labute approximate surface area is 233 Å². The number of nitrogens with zero attached hydrogens (tertiary/aromatic N) is 1. The largest absolute Gasteiger partial charge is 0.461 e. The number of terminal acetylenes is 1. The van der Waals surface area contributed by atoms with Gasteiger partial charge >= 0.3 is 5.97 Å². The fourth-order valence-electron chi connectivity index (χ4n) is 5.35. The third kappa shape index (κ3) is 8.58. The van der Waals surface area contributed by atoms with Gasteiger partial charge in [0.1, 0.15) is 11.9 Å². The third-order valence-corrected chi connectivity index (χ3v) is 7.38. The predicted octanol–water partition coefficient (Wildman–Crippen LogP) is 5.30. The number of anilines is 1. The first-order valence-electron chi connectivity index (χ1n) is 13.5. The second kappa shape index (κ2) is 16.2. The number of benzene rings is 1. The molecule has 0 bridgehead atoms. The Bertz CT molecular complexity index is 1050. The Kier molecular flexibility index (Phi) is 13.3. The fraction of sp³-hybridized carbons (Fsp3) is 0.516. The average Bonchev–Trinajstić information content (AvgIpc) is 3.18. The second-order valence-corrected chi connectivity index (χ2v) is 10.0. The van der Waals surface area contributed by atoms with E-state index in [0.717, 1.165) is 56.2 Å². The Hall–Kier alpha value is -2.88. The topological polar surface area (TPSA) is 95.9 Å². The molecule has 4 N–H and O–H groups in total. The molecule has 2 aliphatic rings. The summed E-state index contributed by atoms with van der Waals surface area (Å²) >= 11 is 4.64. The zero-order chi connectivity index (χ0) is 28.0. The van der Waals surface area contributed by atoms with E-state index in [0.29, 0.717) is 5.82 Å². The molecule has 2 fully saturated rings. The lowest BCUT2D eigenvalue weighted by Crippen LogP contribution is -2.55. The molecule has 0 spiro atoms. The van der Waals surface area contributed by atoms with Gasteiger partial charge in [-0.25, -0.2) is 4.98 Å². The molecule has 2 saturated carbocycles. The van der Waals surface area contributed by atoms with Gasteiger partial charge in [-0.2, -0.15) is 0 Å². The van der Waals surface area contributed by atoms with Crippen LogP contribution in [0.15, 0.2) is 48.7 Å². The van der Waals surface area contributed by atoms with Crippen molar-refractivity contribution in [1.82, 2.24) is 4.98 Å². The third-order valence-electron chi connectivity index (χ3n) is 7.38. The number of nitrogens with one attached hydrogen (secondary N) is 1. The summed E-state index contributed by atoms with van der Waals surface area (Å²) in [6.45, 7) is 4.25. The number of alkyl halides is 1. The van der Waals surface area contributed by atoms with Crippen LogP contribution in [-0.4, -0.2) is 35.9 Å². The molecule has 206 valence electrons. The molecule has 4 rings (SSSR count). The van der Waals surface area contributed by atoms with E-state index < -0.39 is 5.41 Å². The second-order valence-electron chi connectivity index (χ2n) is 10.0. The van der Waals surface area contributed by atoms with E-state index in [2.05, 4.69) is 45.7 Å². The number of esters is 1. The standard InChI is InChI=1S/C22H29NO2.C8H10N2O.CH3Cl/c1-2-17-16-20(19(17)12-15-23)25-21(24)22(13-8-3-4-9-14-22)18-10-6-5-7-11-18;1-6-3-4-9-8(5-6)10-7(2)11;1-2/h1,5-7,10-11,17,19-20H,3-4,8-9,12-16,23H2;3-5H,1-2H3,(H,9,10,11);1H3/p+1. The van der Waals surface area contributed by atoms with Crippen molar-refractivity contribution in [2.75, 3.05) is 18.2 Å². The first kappa shape index (κ1) is 31.3. The van der Waals surface area contributed by atoms with E-state index in [-0.39, 0.29) is 29.8 Å². The van der Waals surface area contributed by atoms with E-state index in [1.807, 2.05) is 37.3 Å². The van der Waals surface area contributed by atoms with Gasteiger partial charge in [0, 0.05) is 37.8 Å². The Morgan fingerprint density at radius 3 is 2.37 bits per heavy atom. The van der Waals surface area contributed by atoms with Crippen LogP contribution in [-0.2, 0) is 19.7 Å². The number of rotatable bonds is 6. The number of aromatic nitrogens is 1. The highest BCUT2D eigenvalue weighted by Gasteiger charge is 2.47. The van der Waals surface area contributed by atoms with E-state index in [4.69, 9.17) is 11.2 Å². The summed E-state index contributed by atoms with van der Waals surface area (Å²) in [5, 5.41) is 2.60. The Morgan fingerprint density at radius 1 is 1.16 bits per heavy atom. The molecule has 0 saturated heterocycles. The van der Waals surface area contributed by atoms with Crippen LogP contribution >= 0.6 is 11.6 Å². The van der Waals surface area contributed by atoms with Crippen LogP contribution < -0.4 is 11.1 Å². The van der Waals surface area contributed by atoms with E-state index in [9.17, 15) is 9.59 Å². The highest BCUT2D eigenvalue weighted by atomic mass is 35.5. The number of quaternary nitrogens is 1. The van der Waals surface area contributed by atoms with Crippen molar-refractivity contribution in [2.45, 2.75) is 76.7 Å². The number of carbonyl (C=O) groups is 2. The van der Waals surface area contributed by atoms with Crippen molar-refractivity contribution >= 4 is 29.3 Å². The van der Waals surface area contributed by atoms with Crippen molar-refractivity contribution in [1.29, 1.82) is 0 Å². The molecule has 0 aliphatic heterocycles. The number of hydrogen-bond donors (Lipinski definition) is 2. The Balaban J connectivity index is 0.000000327. The first-order valence-corrected chi connectivity index (χ1v) is 14.2. The van der Waals surface area contributed by atoms with Gasteiger partial charge < -0.3 is 15.8 Å². The van der Waals surface area contributed by atoms with Gasteiger partial charge in [-0.1, -0.05) is 56.0 Å². The number of carbonyl (C=O) groups excluding carboxylic acids is 2. The molecule has 1 heterocycles. The first-order chi connectivity index (χ1) is 18.4. The molecule has 2 aromatic rings. The maximum atomic E-state index is 13.3. The normalized spacial score (nSPS) is 21.4. The molecule has 3 atom stereocenters. The maximum Gasteiger partial charge on any atom is 0.316 e. The zero-order valence-corrected chi connectivity index (χ0v) is 23.8. The molecule has 6 nitrogen and oxygen atoms in total. The van der Waals surface area contributed by atoms with Gasteiger partial charge in [0.25, 0.3) is 0 Å². The van der Waals surface area contributed by atoms with Gasteiger partial charge in [-0.15, -0.1) is 23.9 Å². The summed E-state index contributed by atoms with van der Waals surface area (Å²) in [5.74, 6) is 3.85. The summed E-state index contributed by atoms with van der Waals surface area (Å²) in [6, 6.07) is 13.9. The minimum atomic E-state index is -0.478. The summed E-state index contributed by atoms with van der Waals surface area (Å²) in [7, 11) is 0. The van der Waals surface area contributed by atoms with Crippen LogP contribution in [0, 0.1) is 31.1 Å². The van der Waals surface area contributed by atoms with Crippen LogP contribution in [0.25, 0.3) is 0 Å². The lowest BCUT2D eigenvalue weighted by atomic mass is 9.69. The van der Waals surface area contributed by atoms with E-state index in [1.54, 1.807) is 6.20 Å². The summed E-state index contributed by atoms with van der Waals surface area (Å²) in [5.41, 5.74) is 5.67. The molecule has 1 amide bonds.